The second-order valence-electron chi connectivity index (χ2n) is 5.27. The number of fused-ring (bicyclic) bond motifs is 5. The van der Waals surface area contributed by atoms with Crippen LogP contribution in [0.5, 0.6) is 0 Å². The zero-order chi connectivity index (χ0) is 11.4. The van der Waals surface area contributed by atoms with Gasteiger partial charge in [-0.2, -0.15) is 0 Å². The lowest BCUT2D eigenvalue weighted by molar-refractivity contribution is 0.451. The number of halogens is 1. The van der Waals surface area contributed by atoms with Crippen molar-refractivity contribution in [1.29, 1.82) is 0 Å². The standard InChI is InChI=1S/C14H15FN2/c15-9-2-3-10-13(5-9)17-12-4-1-8-6-16-7-11(8)14(10)12/h2-3,5,8,11,16-17H,1,4,6-7H2/t8-,11+/m0/s1. The Bertz CT molecular complexity index is 587. The third-order valence-corrected chi connectivity index (χ3v) is 4.36. The van der Waals surface area contributed by atoms with Crippen LogP contribution in [0.2, 0.25) is 0 Å². The van der Waals surface area contributed by atoms with Gasteiger partial charge in [-0.05, 0) is 49.1 Å². The summed E-state index contributed by atoms with van der Waals surface area (Å²) in [5.74, 6) is 1.24. The van der Waals surface area contributed by atoms with E-state index in [4.69, 9.17) is 0 Å². The summed E-state index contributed by atoms with van der Waals surface area (Å²) in [7, 11) is 0. The third-order valence-electron chi connectivity index (χ3n) is 4.36. The van der Waals surface area contributed by atoms with Crippen molar-refractivity contribution in [2.24, 2.45) is 5.92 Å². The molecule has 2 aliphatic rings. The van der Waals surface area contributed by atoms with E-state index in [1.165, 1.54) is 23.1 Å². The summed E-state index contributed by atoms with van der Waals surface area (Å²) in [6.07, 6.45) is 2.36. The molecule has 17 heavy (non-hydrogen) atoms. The lowest BCUT2D eigenvalue weighted by Crippen LogP contribution is -2.18. The van der Waals surface area contributed by atoms with Gasteiger partial charge in [0, 0.05) is 29.1 Å². The Morgan fingerprint density at radius 2 is 2.18 bits per heavy atom. The molecule has 3 heteroatoms. The molecule has 88 valence electrons. The number of benzene rings is 1. The number of hydrogen-bond donors (Lipinski definition) is 2. The number of hydrogen-bond acceptors (Lipinski definition) is 1. The Hall–Kier alpha value is -1.35. The van der Waals surface area contributed by atoms with Gasteiger partial charge < -0.3 is 10.3 Å². The molecule has 2 atom stereocenters. The molecule has 2 heterocycles. The summed E-state index contributed by atoms with van der Waals surface area (Å²) in [5.41, 5.74) is 3.74. The molecule has 4 rings (SSSR count). The topological polar surface area (TPSA) is 27.8 Å². The van der Waals surface area contributed by atoms with Crippen LogP contribution < -0.4 is 5.32 Å². The van der Waals surface area contributed by atoms with E-state index in [9.17, 15) is 4.39 Å². The van der Waals surface area contributed by atoms with Crippen molar-refractivity contribution < 1.29 is 4.39 Å². The minimum absolute atomic E-state index is 0.155. The van der Waals surface area contributed by atoms with Crippen LogP contribution in [0.25, 0.3) is 10.9 Å². The monoisotopic (exact) mass is 230 g/mol. The molecule has 0 amide bonds. The van der Waals surface area contributed by atoms with Crippen molar-refractivity contribution in [1.82, 2.24) is 10.3 Å². The fourth-order valence-corrected chi connectivity index (χ4v) is 3.57. The summed E-state index contributed by atoms with van der Waals surface area (Å²) in [4.78, 5) is 3.40. The van der Waals surface area contributed by atoms with E-state index >= 15 is 0 Å². The molecule has 2 nitrogen and oxygen atoms in total. The van der Waals surface area contributed by atoms with Crippen LogP contribution >= 0.6 is 0 Å². The second kappa shape index (κ2) is 3.33. The predicted octanol–water partition coefficient (Wildman–Crippen LogP) is 2.56. The molecule has 0 unspecified atom stereocenters. The average molecular weight is 230 g/mol. The van der Waals surface area contributed by atoms with Crippen molar-refractivity contribution in [2.45, 2.75) is 18.8 Å². The summed E-state index contributed by atoms with van der Waals surface area (Å²) in [6, 6.07) is 5.12. The SMILES string of the molecule is Fc1ccc2c3c([nH]c2c1)CC[C@H]1CNC[C@@H]31. The van der Waals surface area contributed by atoms with Gasteiger partial charge in [-0.1, -0.05) is 0 Å². The highest BCUT2D eigenvalue weighted by molar-refractivity contribution is 5.85. The number of rotatable bonds is 0. The van der Waals surface area contributed by atoms with Gasteiger partial charge in [-0.15, -0.1) is 0 Å². The Morgan fingerprint density at radius 1 is 1.24 bits per heavy atom. The fraction of sp³-hybridized carbons (Fsp3) is 0.429. The molecule has 0 radical (unpaired) electrons. The van der Waals surface area contributed by atoms with Gasteiger partial charge in [0.05, 0.1) is 0 Å². The fourth-order valence-electron chi connectivity index (χ4n) is 3.57. The van der Waals surface area contributed by atoms with Gasteiger partial charge in [0.25, 0.3) is 0 Å². The molecule has 1 aromatic carbocycles. The van der Waals surface area contributed by atoms with Gasteiger partial charge >= 0.3 is 0 Å². The van der Waals surface area contributed by atoms with Crippen LogP contribution in [0.1, 0.15) is 23.6 Å². The molecule has 0 saturated carbocycles. The molecule has 2 N–H and O–H groups in total. The van der Waals surface area contributed by atoms with Crippen molar-refractivity contribution in [2.75, 3.05) is 13.1 Å². The van der Waals surface area contributed by atoms with Gasteiger partial charge in [0.2, 0.25) is 0 Å². The Kier molecular flexibility index (Phi) is 1.89. The van der Waals surface area contributed by atoms with Crippen molar-refractivity contribution in [3.63, 3.8) is 0 Å². The van der Waals surface area contributed by atoms with Crippen molar-refractivity contribution >= 4 is 10.9 Å². The van der Waals surface area contributed by atoms with Gasteiger partial charge in [-0.3, -0.25) is 0 Å². The van der Waals surface area contributed by atoms with Crippen molar-refractivity contribution in [3.05, 3.63) is 35.3 Å². The minimum atomic E-state index is -0.155. The maximum absolute atomic E-state index is 13.2. The van der Waals surface area contributed by atoms with Crippen LogP contribution in [-0.2, 0) is 6.42 Å². The zero-order valence-electron chi connectivity index (χ0n) is 9.59. The molecule has 2 aromatic rings. The molecule has 1 aliphatic carbocycles. The zero-order valence-corrected chi connectivity index (χ0v) is 9.59. The van der Waals surface area contributed by atoms with E-state index in [1.54, 1.807) is 12.1 Å². The first-order valence-electron chi connectivity index (χ1n) is 6.33. The highest BCUT2D eigenvalue weighted by atomic mass is 19.1. The van der Waals surface area contributed by atoms with Crippen LogP contribution in [-0.4, -0.2) is 18.1 Å². The van der Waals surface area contributed by atoms with E-state index in [2.05, 4.69) is 10.3 Å². The first kappa shape index (κ1) is 9.66. The van der Waals surface area contributed by atoms with Gasteiger partial charge in [-0.25, -0.2) is 4.39 Å². The highest BCUT2D eigenvalue weighted by Gasteiger charge is 2.35. The maximum atomic E-state index is 13.2. The second-order valence-corrected chi connectivity index (χ2v) is 5.27. The maximum Gasteiger partial charge on any atom is 0.125 e. The van der Waals surface area contributed by atoms with E-state index in [-0.39, 0.29) is 5.82 Å². The first-order valence-corrected chi connectivity index (χ1v) is 6.33. The molecular formula is C14H15FN2. The van der Waals surface area contributed by atoms with Crippen molar-refractivity contribution in [3.8, 4) is 0 Å². The van der Waals surface area contributed by atoms with Crippen LogP contribution in [0, 0.1) is 11.7 Å². The summed E-state index contributed by atoms with van der Waals surface area (Å²) >= 11 is 0. The number of aromatic amines is 1. The minimum Gasteiger partial charge on any atom is -0.358 e. The summed E-state index contributed by atoms with van der Waals surface area (Å²) < 4.78 is 13.2. The quantitative estimate of drug-likeness (QED) is 0.715. The van der Waals surface area contributed by atoms with Crippen LogP contribution in [0.15, 0.2) is 18.2 Å². The normalized spacial score (nSPS) is 27.1. The Morgan fingerprint density at radius 3 is 3.12 bits per heavy atom. The predicted molar refractivity (Wildman–Crippen MR) is 65.7 cm³/mol. The lowest BCUT2D eigenvalue weighted by Gasteiger charge is -2.24. The largest absolute Gasteiger partial charge is 0.358 e. The van der Waals surface area contributed by atoms with E-state index in [1.807, 2.05) is 6.07 Å². The molecule has 1 aliphatic heterocycles. The number of H-pyrrole nitrogens is 1. The smallest absolute Gasteiger partial charge is 0.125 e. The van der Waals surface area contributed by atoms with E-state index in [0.717, 1.165) is 30.9 Å². The average Bonchev–Trinajstić information content (AvgIpc) is 2.89. The number of nitrogens with one attached hydrogen (secondary N) is 2. The Labute approximate surface area is 99.2 Å². The summed E-state index contributed by atoms with van der Waals surface area (Å²) in [5, 5.41) is 4.71. The molecule has 1 fully saturated rings. The van der Waals surface area contributed by atoms with Crippen LogP contribution in [0.3, 0.4) is 0 Å². The molecule has 1 saturated heterocycles. The van der Waals surface area contributed by atoms with Crippen LogP contribution in [0.4, 0.5) is 4.39 Å². The summed E-state index contributed by atoms with van der Waals surface area (Å²) in [6.45, 7) is 2.21. The highest BCUT2D eigenvalue weighted by Crippen LogP contribution is 2.42. The van der Waals surface area contributed by atoms with E-state index in [0.29, 0.717) is 5.92 Å². The third kappa shape index (κ3) is 1.29. The van der Waals surface area contributed by atoms with E-state index < -0.39 is 0 Å². The molecule has 0 spiro atoms. The molecule has 0 bridgehead atoms. The molecule has 1 aromatic heterocycles. The molecular weight excluding hydrogens is 215 g/mol. The Balaban J connectivity index is 1.97. The lowest BCUT2D eigenvalue weighted by atomic mass is 9.79. The number of aryl methyl sites for hydroxylation is 1. The van der Waals surface area contributed by atoms with Gasteiger partial charge in [0.1, 0.15) is 5.82 Å². The number of aromatic nitrogens is 1. The van der Waals surface area contributed by atoms with Gasteiger partial charge in [0.15, 0.2) is 0 Å². The first-order chi connectivity index (χ1) is 8.33.